The van der Waals surface area contributed by atoms with E-state index in [0.717, 1.165) is 0 Å². The van der Waals surface area contributed by atoms with E-state index in [1.165, 1.54) is 0 Å². The number of carboxylic acid groups (broad SMARTS) is 1. The number of amides is 1. The van der Waals surface area contributed by atoms with Crippen LogP contribution in [0.3, 0.4) is 0 Å². The Morgan fingerprint density at radius 3 is 2.20 bits per heavy atom. The van der Waals surface area contributed by atoms with Crippen molar-refractivity contribution in [2.24, 2.45) is 5.92 Å². The molecule has 0 bridgehead atoms. The van der Waals surface area contributed by atoms with Gasteiger partial charge >= 0.3 is 12.1 Å². The molecule has 1 aliphatic heterocycles. The Labute approximate surface area is 117 Å². The zero-order valence-corrected chi connectivity index (χ0v) is 12.3. The molecule has 0 aliphatic carbocycles. The quantitative estimate of drug-likeness (QED) is 0.632. The molecule has 1 amide bonds. The van der Waals surface area contributed by atoms with Crippen molar-refractivity contribution >= 4 is 21.9 Å². The van der Waals surface area contributed by atoms with Gasteiger partial charge in [-0.25, -0.2) is 18.0 Å². The normalized spacial score (nSPS) is 26.8. The van der Waals surface area contributed by atoms with Crippen LogP contribution in [0.5, 0.6) is 0 Å². The van der Waals surface area contributed by atoms with Gasteiger partial charge in [-0.3, -0.25) is 0 Å². The van der Waals surface area contributed by atoms with Crippen LogP contribution >= 0.6 is 0 Å². The third kappa shape index (κ3) is 4.64. The average Bonchev–Trinajstić information content (AvgIpc) is 2.45. The van der Waals surface area contributed by atoms with Gasteiger partial charge in [-0.2, -0.15) is 0 Å². The highest BCUT2D eigenvalue weighted by molar-refractivity contribution is 7.91. The number of aliphatic carboxylic acids is 1. The number of ether oxygens (including phenoxy) is 1. The molecule has 1 aliphatic rings. The van der Waals surface area contributed by atoms with Gasteiger partial charge in [0.05, 0.1) is 17.6 Å². The smallest absolute Gasteiger partial charge is 0.408 e. The molecule has 1 unspecified atom stereocenters. The molecular weight excluding hydrogens is 290 g/mol. The molecule has 0 aromatic rings. The zero-order valence-electron chi connectivity index (χ0n) is 11.5. The second-order valence-electron chi connectivity index (χ2n) is 5.77. The van der Waals surface area contributed by atoms with Gasteiger partial charge in [0.25, 0.3) is 0 Å². The summed E-state index contributed by atoms with van der Waals surface area (Å²) in [5, 5.41) is 20.8. The Morgan fingerprint density at radius 2 is 1.85 bits per heavy atom. The molecule has 9 heteroatoms. The number of hydrogen-bond donors (Lipinski definition) is 3. The Balaban J connectivity index is 2.81. The van der Waals surface area contributed by atoms with Gasteiger partial charge in [0.2, 0.25) is 0 Å². The minimum Gasteiger partial charge on any atom is -0.480 e. The van der Waals surface area contributed by atoms with Crippen molar-refractivity contribution in [1.29, 1.82) is 0 Å². The molecule has 1 heterocycles. The number of sulfone groups is 1. The van der Waals surface area contributed by atoms with Crippen LogP contribution in [0.15, 0.2) is 0 Å². The molecular formula is C11H19NO7S. The van der Waals surface area contributed by atoms with Crippen LogP contribution in [0.4, 0.5) is 4.79 Å². The third-order valence-corrected chi connectivity index (χ3v) is 4.47. The van der Waals surface area contributed by atoms with E-state index in [1.54, 1.807) is 20.8 Å². The second-order valence-corrected chi connectivity index (χ2v) is 7.92. The predicted octanol–water partition coefficient (Wildman–Crippen LogP) is -0.630. The van der Waals surface area contributed by atoms with E-state index in [9.17, 15) is 23.1 Å². The first-order chi connectivity index (χ1) is 8.91. The van der Waals surface area contributed by atoms with Crippen molar-refractivity contribution in [3.05, 3.63) is 0 Å². The number of nitrogens with one attached hydrogen (secondary N) is 1. The Morgan fingerprint density at radius 1 is 1.30 bits per heavy atom. The van der Waals surface area contributed by atoms with Gasteiger partial charge in [-0.15, -0.1) is 0 Å². The maximum atomic E-state index is 11.6. The van der Waals surface area contributed by atoms with Gasteiger partial charge < -0.3 is 20.3 Å². The van der Waals surface area contributed by atoms with Crippen molar-refractivity contribution in [2.75, 3.05) is 11.5 Å². The van der Waals surface area contributed by atoms with Crippen LogP contribution < -0.4 is 5.32 Å². The zero-order chi connectivity index (χ0) is 15.7. The van der Waals surface area contributed by atoms with Gasteiger partial charge in [0.1, 0.15) is 11.6 Å². The van der Waals surface area contributed by atoms with E-state index in [4.69, 9.17) is 9.84 Å². The lowest BCUT2D eigenvalue weighted by molar-refractivity contribution is -0.141. The fraction of sp³-hybridized carbons (Fsp3) is 0.818. The van der Waals surface area contributed by atoms with Crippen LogP contribution in [0.1, 0.15) is 20.8 Å². The van der Waals surface area contributed by atoms with E-state index >= 15 is 0 Å². The number of carbonyl (C=O) groups is 2. The summed E-state index contributed by atoms with van der Waals surface area (Å²) in [4.78, 5) is 22.7. The largest absolute Gasteiger partial charge is 0.480 e. The lowest BCUT2D eigenvalue weighted by atomic mass is 9.97. The fourth-order valence-electron chi connectivity index (χ4n) is 1.96. The van der Waals surface area contributed by atoms with Crippen molar-refractivity contribution in [1.82, 2.24) is 5.32 Å². The number of hydrogen-bond acceptors (Lipinski definition) is 6. The van der Waals surface area contributed by atoms with Crippen LogP contribution in [0.25, 0.3) is 0 Å². The highest BCUT2D eigenvalue weighted by Gasteiger charge is 2.45. The molecule has 3 N–H and O–H groups in total. The van der Waals surface area contributed by atoms with Crippen molar-refractivity contribution < 1.29 is 33.0 Å². The first kappa shape index (κ1) is 16.7. The summed E-state index contributed by atoms with van der Waals surface area (Å²) in [5.41, 5.74) is -0.812. The minimum atomic E-state index is -3.50. The van der Waals surface area contributed by atoms with E-state index in [2.05, 4.69) is 5.32 Å². The first-order valence-corrected chi connectivity index (χ1v) is 7.84. The maximum absolute atomic E-state index is 11.6. The minimum absolute atomic E-state index is 0.485. The molecule has 20 heavy (non-hydrogen) atoms. The number of carbonyl (C=O) groups excluding carboxylic acids is 1. The fourth-order valence-corrected chi connectivity index (χ4v) is 3.87. The average molecular weight is 309 g/mol. The molecule has 116 valence electrons. The highest BCUT2D eigenvalue weighted by Crippen LogP contribution is 2.23. The van der Waals surface area contributed by atoms with Gasteiger partial charge in [0.15, 0.2) is 9.84 Å². The van der Waals surface area contributed by atoms with Crippen molar-refractivity contribution in [2.45, 2.75) is 38.5 Å². The summed E-state index contributed by atoms with van der Waals surface area (Å²) in [6, 6.07) is -1.52. The van der Waals surface area contributed by atoms with E-state index in [-0.39, 0.29) is 0 Å². The van der Waals surface area contributed by atoms with Crippen LogP contribution in [0.2, 0.25) is 0 Å². The van der Waals surface area contributed by atoms with E-state index < -0.39 is 57.1 Å². The third-order valence-electron chi connectivity index (χ3n) is 2.73. The second kappa shape index (κ2) is 5.57. The summed E-state index contributed by atoms with van der Waals surface area (Å²) in [6.07, 6.45) is -2.29. The molecule has 0 radical (unpaired) electrons. The summed E-state index contributed by atoms with van der Waals surface area (Å²) in [7, 11) is -3.50. The Hall–Kier alpha value is -1.35. The summed E-state index contributed by atoms with van der Waals surface area (Å²) < 4.78 is 27.7. The Kier molecular flexibility index (Phi) is 4.65. The lowest BCUT2D eigenvalue weighted by Crippen LogP contribution is -2.50. The number of alkyl carbamates (subject to hydrolysis) is 1. The van der Waals surface area contributed by atoms with Crippen molar-refractivity contribution in [3.8, 4) is 0 Å². The van der Waals surface area contributed by atoms with Crippen LogP contribution in [-0.4, -0.2) is 59.9 Å². The summed E-state index contributed by atoms with van der Waals surface area (Å²) in [6.45, 7) is 4.83. The van der Waals surface area contributed by atoms with Gasteiger partial charge in [-0.05, 0) is 20.8 Å². The molecule has 0 spiro atoms. The van der Waals surface area contributed by atoms with Crippen molar-refractivity contribution in [3.63, 3.8) is 0 Å². The van der Waals surface area contributed by atoms with Crippen LogP contribution in [-0.2, 0) is 19.4 Å². The van der Waals surface area contributed by atoms with E-state index in [1.807, 2.05) is 0 Å². The Bertz CT molecular complexity index is 493. The number of rotatable bonds is 3. The lowest BCUT2D eigenvalue weighted by Gasteiger charge is -2.25. The molecule has 8 nitrogen and oxygen atoms in total. The topological polar surface area (TPSA) is 130 Å². The van der Waals surface area contributed by atoms with E-state index in [0.29, 0.717) is 0 Å². The molecule has 1 saturated heterocycles. The summed E-state index contributed by atoms with van der Waals surface area (Å²) in [5.74, 6) is -3.50. The SMILES string of the molecule is CC(C)(C)OC(=O)NC(C(=O)O)[C@@H]1CS(=O)(=O)C[C@H]1O. The predicted molar refractivity (Wildman–Crippen MR) is 68.9 cm³/mol. The number of carboxylic acids is 1. The number of aliphatic hydroxyl groups excluding tert-OH is 1. The molecule has 0 aromatic carbocycles. The monoisotopic (exact) mass is 309 g/mol. The summed E-state index contributed by atoms with van der Waals surface area (Å²) >= 11 is 0. The molecule has 1 fully saturated rings. The number of aliphatic hydroxyl groups is 1. The molecule has 0 aromatic heterocycles. The van der Waals surface area contributed by atoms with Crippen LogP contribution in [0, 0.1) is 5.92 Å². The van der Waals surface area contributed by atoms with Gasteiger partial charge in [0, 0.05) is 5.92 Å². The van der Waals surface area contributed by atoms with Gasteiger partial charge in [-0.1, -0.05) is 0 Å². The first-order valence-electron chi connectivity index (χ1n) is 6.02. The maximum Gasteiger partial charge on any atom is 0.408 e. The molecule has 1 rings (SSSR count). The molecule has 0 saturated carbocycles. The molecule has 3 atom stereocenters. The standard InChI is InChI=1S/C11H19NO7S/c1-11(2,3)19-10(16)12-8(9(14)15)6-4-20(17,18)5-7(6)13/h6-8,13H,4-5H2,1-3H3,(H,12,16)(H,14,15)/t6-,7-,8?/m1/s1. The highest BCUT2D eigenvalue weighted by atomic mass is 32.2.